The molecule has 1 aliphatic rings. The first-order valence-electron chi connectivity index (χ1n) is 6.42. The van der Waals surface area contributed by atoms with Crippen molar-refractivity contribution in [2.75, 3.05) is 5.75 Å². The Labute approximate surface area is 111 Å². The molecule has 4 heteroatoms. The third-order valence-corrected chi connectivity index (χ3v) is 4.15. The van der Waals surface area contributed by atoms with E-state index in [4.69, 9.17) is 0 Å². The molecule has 0 spiro atoms. The zero-order chi connectivity index (χ0) is 12.8. The van der Waals surface area contributed by atoms with Crippen molar-refractivity contribution in [3.63, 3.8) is 0 Å². The number of nitrogens with one attached hydrogen (secondary N) is 1. The number of carbonyl (C=O) groups is 1. The highest BCUT2D eigenvalue weighted by Crippen LogP contribution is 2.20. The predicted molar refractivity (Wildman–Crippen MR) is 72.1 cm³/mol. The summed E-state index contributed by atoms with van der Waals surface area (Å²) >= 11 is 1.59. The Morgan fingerprint density at radius 3 is 2.61 bits per heavy atom. The van der Waals surface area contributed by atoms with Crippen LogP contribution in [0.2, 0.25) is 0 Å². The summed E-state index contributed by atoms with van der Waals surface area (Å²) in [4.78, 5) is 12.7. The minimum absolute atomic E-state index is 0.136. The van der Waals surface area contributed by atoms with Gasteiger partial charge in [-0.1, -0.05) is 12.8 Å². The Balaban J connectivity index is 1.65. The fraction of sp³-hybridized carbons (Fsp3) is 0.500. The lowest BCUT2D eigenvalue weighted by atomic mass is 10.2. The predicted octanol–water partition coefficient (Wildman–Crippen LogP) is 3.37. The Morgan fingerprint density at radius 1 is 1.28 bits per heavy atom. The van der Waals surface area contributed by atoms with Crippen LogP contribution in [0.15, 0.2) is 29.2 Å². The number of thioether (sulfide) groups is 1. The van der Waals surface area contributed by atoms with E-state index in [9.17, 15) is 9.18 Å². The zero-order valence-corrected chi connectivity index (χ0v) is 11.1. The topological polar surface area (TPSA) is 29.1 Å². The molecule has 0 saturated heterocycles. The van der Waals surface area contributed by atoms with Crippen LogP contribution in [-0.2, 0) is 4.79 Å². The van der Waals surface area contributed by atoms with Crippen LogP contribution in [0.5, 0.6) is 0 Å². The van der Waals surface area contributed by atoms with Gasteiger partial charge in [-0.05, 0) is 37.1 Å². The molecule has 2 nitrogen and oxygen atoms in total. The maximum atomic E-state index is 12.7. The van der Waals surface area contributed by atoms with Gasteiger partial charge in [-0.15, -0.1) is 11.8 Å². The largest absolute Gasteiger partial charge is 0.353 e. The van der Waals surface area contributed by atoms with E-state index in [0.29, 0.717) is 12.5 Å². The van der Waals surface area contributed by atoms with Gasteiger partial charge in [-0.2, -0.15) is 0 Å². The van der Waals surface area contributed by atoms with Gasteiger partial charge in [-0.3, -0.25) is 4.79 Å². The van der Waals surface area contributed by atoms with Crippen LogP contribution >= 0.6 is 11.8 Å². The van der Waals surface area contributed by atoms with E-state index < -0.39 is 0 Å². The molecule has 1 N–H and O–H groups in total. The maximum Gasteiger partial charge on any atom is 0.221 e. The van der Waals surface area contributed by atoms with Gasteiger partial charge in [0.25, 0.3) is 0 Å². The third-order valence-electron chi connectivity index (χ3n) is 3.13. The number of rotatable bonds is 5. The van der Waals surface area contributed by atoms with Crippen LogP contribution in [0, 0.1) is 5.82 Å². The molecule has 1 amide bonds. The van der Waals surface area contributed by atoms with Crippen molar-refractivity contribution in [1.82, 2.24) is 5.32 Å². The van der Waals surface area contributed by atoms with Crippen LogP contribution in [0.25, 0.3) is 0 Å². The van der Waals surface area contributed by atoms with Gasteiger partial charge in [0.1, 0.15) is 5.82 Å². The Morgan fingerprint density at radius 2 is 1.94 bits per heavy atom. The molecule has 1 aliphatic carbocycles. The van der Waals surface area contributed by atoms with Crippen LogP contribution in [0.3, 0.4) is 0 Å². The summed E-state index contributed by atoms with van der Waals surface area (Å²) in [5.74, 6) is 0.652. The molecule has 1 aromatic carbocycles. The molecule has 2 rings (SSSR count). The van der Waals surface area contributed by atoms with Gasteiger partial charge < -0.3 is 5.32 Å². The second-order valence-corrected chi connectivity index (χ2v) is 5.77. The summed E-state index contributed by atoms with van der Waals surface area (Å²) in [6.45, 7) is 0. The fourth-order valence-corrected chi connectivity index (χ4v) is 3.01. The Kier molecular flexibility index (Phi) is 5.05. The zero-order valence-electron chi connectivity index (χ0n) is 10.3. The highest BCUT2D eigenvalue weighted by molar-refractivity contribution is 7.99. The van der Waals surface area contributed by atoms with E-state index in [2.05, 4.69) is 5.32 Å². The van der Waals surface area contributed by atoms with Crippen molar-refractivity contribution >= 4 is 17.7 Å². The minimum atomic E-state index is -0.224. The highest BCUT2D eigenvalue weighted by atomic mass is 32.2. The number of amides is 1. The van der Waals surface area contributed by atoms with Gasteiger partial charge in [0, 0.05) is 23.1 Å². The number of benzene rings is 1. The Hall–Kier alpha value is -1.03. The highest BCUT2D eigenvalue weighted by Gasteiger charge is 2.16. The average molecular weight is 267 g/mol. The summed E-state index contributed by atoms with van der Waals surface area (Å²) < 4.78 is 12.7. The minimum Gasteiger partial charge on any atom is -0.353 e. The molecule has 98 valence electrons. The number of hydrogen-bond acceptors (Lipinski definition) is 2. The van der Waals surface area contributed by atoms with Gasteiger partial charge in [0.15, 0.2) is 0 Å². The smallest absolute Gasteiger partial charge is 0.221 e. The van der Waals surface area contributed by atoms with Crippen molar-refractivity contribution in [3.8, 4) is 0 Å². The van der Waals surface area contributed by atoms with Crippen molar-refractivity contribution in [1.29, 1.82) is 0 Å². The summed E-state index contributed by atoms with van der Waals surface area (Å²) in [5.41, 5.74) is 0. The SMILES string of the molecule is O=C(CCSc1ccc(F)cc1)NC1CCCC1. The molecule has 0 aromatic heterocycles. The van der Waals surface area contributed by atoms with Crippen molar-refractivity contribution in [2.45, 2.75) is 43.0 Å². The second kappa shape index (κ2) is 6.78. The van der Waals surface area contributed by atoms with Crippen LogP contribution in [0.1, 0.15) is 32.1 Å². The third kappa shape index (κ3) is 4.33. The van der Waals surface area contributed by atoms with Crippen LogP contribution in [0.4, 0.5) is 4.39 Å². The second-order valence-electron chi connectivity index (χ2n) is 4.60. The molecule has 0 heterocycles. The molecule has 1 saturated carbocycles. The molecule has 0 aliphatic heterocycles. The lowest BCUT2D eigenvalue weighted by Crippen LogP contribution is -2.32. The molecular formula is C14H18FNOS. The van der Waals surface area contributed by atoms with Gasteiger partial charge >= 0.3 is 0 Å². The molecule has 0 atom stereocenters. The van der Waals surface area contributed by atoms with Crippen molar-refractivity contribution in [3.05, 3.63) is 30.1 Å². The van der Waals surface area contributed by atoms with Gasteiger partial charge in [0.05, 0.1) is 0 Å². The van der Waals surface area contributed by atoms with E-state index in [-0.39, 0.29) is 11.7 Å². The average Bonchev–Trinajstić information content (AvgIpc) is 2.84. The first kappa shape index (κ1) is 13.4. The summed E-state index contributed by atoms with van der Waals surface area (Å²) in [6, 6.07) is 6.78. The Bertz CT molecular complexity index is 387. The maximum absolute atomic E-state index is 12.7. The monoisotopic (exact) mass is 267 g/mol. The number of hydrogen-bond donors (Lipinski definition) is 1. The van der Waals surface area contributed by atoms with E-state index in [0.717, 1.165) is 23.5 Å². The first-order valence-corrected chi connectivity index (χ1v) is 7.40. The number of halogens is 1. The van der Waals surface area contributed by atoms with E-state index in [1.54, 1.807) is 23.9 Å². The van der Waals surface area contributed by atoms with Crippen molar-refractivity contribution < 1.29 is 9.18 Å². The standard InChI is InChI=1S/C14H18FNOS/c15-11-5-7-13(8-6-11)18-10-9-14(17)16-12-3-1-2-4-12/h5-8,12H,1-4,9-10H2,(H,16,17). The van der Waals surface area contributed by atoms with E-state index >= 15 is 0 Å². The van der Waals surface area contributed by atoms with E-state index in [1.165, 1.54) is 25.0 Å². The normalized spacial score (nSPS) is 15.8. The molecule has 0 radical (unpaired) electrons. The van der Waals surface area contributed by atoms with Crippen molar-refractivity contribution in [2.24, 2.45) is 0 Å². The lowest BCUT2D eigenvalue weighted by molar-refractivity contribution is -0.121. The van der Waals surface area contributed by atoms with Crippen LogP contribution in [-0.4, -0.2) is 17.7 Å². The molecule has 18 heavy (non-hydrogen) atoms. The molecule has 1 aromatic rings. The van der Waals surface area contributed by atoms with E-state index in [1.807, 2.05) is 0 Å². The quantitative estimate of drug-likeness (QED) is 0.829. The fourth-order valence-electron chi connectivity index (χ4n) is 2.16. The number of carbonyl (C=O) groups excluding carboxylic acids is 1. The van der Waals surface area contributed by atoms with Crippen LogP contribution < -0.4 is 5.32 Å². The van der Waals surface area contributed by atoms with Gasteiger partial charge in [0.2, 0.25) is 5.91 Å². The lowest BCUT2D eigenvalue weighted by Gasteiger charge is -2.11. The molecule has 0 unspecified atom stereocenters. The summed E-state index contributed by atoms with van der Waals surface area (Å²) in [7, 11) is 0. The summed E-state index contributed by atoms with van der Waals surface area (Å²) in [6.07, 6.45) is 5.23. The summed E-state index contributed by atoms with van der Waals surface area (Å²) in [5, 5.41) is 3.06. The first-order chi connectivity index (χ1) is 8.74. The van der Waals surface area contributed by atoms with Gasteiger partial charge in [-0.25, -0.2) is 4.39 Å². The molecule has 1 fully saturated rings. The molecular weight excluding hydrogens is 249 g/mol. The molecule has 0 bridgehead atoms.